The van der Waals surface area contributed by atoms with Crippen LogP contribution in [0.2, 0.25) is 5.15 Å². The van der Waals surface area contributed by atoms with Gasteiger partial charge in [-0.25, -0.2) is 9.78 Å². The molecule has 0 N–H and O–H groups in total. The van der Waals surface area contributed by atoms with Gasteiger partial charge in [0, 0.05) is 20.1 Å². The predicted octanol–water partition coefficient (Wildman–Crippen LogP) is 1.60. The first-order valence-corrected chi connectivity index (χ1v) is 5.16. The van der Waals surface area contributed by atoms with Crippen LogP contribution in [0.3, 0.4) is 0 Å². The Morgan fingerprint density at radius 1 is 1.47 bits per heavy atom. The summed E-state index contributed by atoms with van der Waals surface area (Å²) in [6, 6.07) is 5.49. The second-order valence-corrected chi connectivity index (χ2v) is 3.96. The van der Waals surface area contributed by atoms with Crippen LogP contribution in [0.15, 0.2) is 18.2 Å². The normalized spacial score (nSPS) is 16.3. The zero-order chi connectivity index (χ0) is 10.8. The summed E-state index contributed by atoms with van der Waals surface area (Å²) >= 11 is 5.77. The lowest BCUT2D eigenvalue weighted by Gasteiger charge is -2.15. The molecule has 0 spiro atoms. The molecule has 0 unspecified atom stereocenters. The molecule has 2 amide bonds. The number of rotatable bonds is 2. The topological polar surface area (TPSA) is 36.4 Å². The number of halogens is 1. The molecule has 2 rings (SSSR count). The van der Waals surface area contributed by atoms with Crippen LogP contribution in [0, 0.1) is 0 Å². The van der Waals surface area contributed by atoms with E-state index in [2.05, 4.69) is 4.98 Å². The van der Waals surface area contributed by atoms with Crippen molar-refractivity contribution < 1.29 is 4.79 Å². The summed E-state index contributed by atoms with van der Waals surface area (Å²) in [4.78, 5) is 19.2. The molecule has 2 heterocycles. The van der Waals surface area contributed by atoms with Gasteiger partial charge in [0.05, 0.1) is 12.2 Å². The van der Waals surface area contributed by atoms with Gasteiger partial charge in [0.2, 0.25) is 0 Å². The summed E-state index contributed by atoms with van der Waals surface area (Å²) in [5, 5.41) is 0.465. The van der Waals surface area contributed by atoms with Gasteiger partial charge in [-0.1, -0.05) is 17.7 Å². The second-order valence-electron chi connectivity index (χ2n) is 3.58. The zero-order valence-electron chi connectivity index (χ0n) is 8.48. The summed E-state index contributed by atoms with van der Waals surface area (Å²) in [5.41, 5.74) is 0.825. The van der Waals surface area contributed by atoms with Crippen molar-refractivity contribution in [3.8, 4) is 0 Å². The van der Waals surface area contributed by atoms with Gasteiger partial charge in [0.25, 0.3) is 0 Å². The van der Waals surface area contributed by atoms with Gasteiger partial charge in [-0.2, -0.15) is 0 Å². The minimum absolute atomic E-state index is 0.0526. The lowest BCUT2D eigenvalue weighted by molar-refractivity contribution is 0.196. The summed E-state index contributed by atoms with van der Waals surface area (Å²) in [6.45, 7) is 2.06. The summed E-state index contributed by atoms with van der Waals surface area (Å²) in [7, 11) is 1.80. The van der Waals surface area contributed by atoms with Crippen molar-refractivity contribution in [2.45, 2.75) is 6.54 Å². The summed E-state index contributed by atoms with van der Waals surface area (Å²) in [5.74, 6) is 0. The highest BCUT2D eigenvalue weighted by atomic mass is 35.5. The van der Waals surface area contributed by atoms with E-state index >= 15 is 0 Å². The third-order valence-electron chi connectivity index (χ3n) is 2.43. The Hall–Kier alpha value is -1.29. The van der Waals surface area contributed by atoms with Crippen LogP contribution in [0.1, 0.15) is 5.69 Å². The van der Waals surface area contributed by atoms with Gasteiger partial charge in [0.1, 0.15) is 5.15 Å². The molecule has 1 aromatic heterocycles. The lowest BCUT2D eigenvalue weighted by Crippen LogP contribution is -2.29. The quantitative estimate of drug-likeness (QED) is 0.717. The van der Waals surface area contributed by atoms with Crippen LogP contribution in [0.4, 0.5) is 4.79 Å². The molecule has 1 saturated heterocycles. The molecule has 0 atom stereocenters. The first-order valence-electron chi connectivity index (χ1n) is 4.78. The average Bonchev–Trinajstić information content (AvgIpc) is 2.50. The minimum Gasteiger partial charge on any atom is -0.326 e. The Kier molecular flexibility index (Phi) is 2.77. The Bertz CT molecular complexity index is 383. The highest BCUT2D eigenvalue weighted by molar-refractivity contribution is 6.29. The number of hydrogen-bond donors (Lipinski definition) is 0. The lowest BCUT2D eigenvalue weighted by atomic mass is 10.3. The number of urea groups is 1. The van der Waals surface area contributed by atoms with Gasteiger partial charge in [-0.3, -0.25) is 0 Å². The zero-order valence-corrected chi connectivity index (χ0v) is 9.24. The van der Waals surface area contributed by atoms with Crippen molar-refractivity contribution in [1.29, 1.82) is 0 Å². The summed E-state index contributed by atoms with van der Waals surface area (Å²) in [6.07, 6.45) is 0. The number of nitrogens with zero attached hydrogens (tertiary/aromatic N) is 3. The van der Waals surface area contributed by atoms with Crippen molar-refractivity contribution in [3.05, 3.63) is 29.0 Å². The Balaban J connectivity index is 2.06. The number of likely N-dealkylation sites (N-methyl/N-ethyl adjacent to an activating group) is 1. The Labute approximate surface area is 93.5 Å². The fraction of sp³-hybridized carbons (Fsp3) is 0.400. The molecule has 1 aliphatic rings. The monoisotopic (exact) mass is 225 g/mol. The van der Waals surface area contributed by atoms with E-state index in [9.17, 15) is 4.79 Å². The minimum atomic E-state index is 0.0526. The molecule has 5 heteroatoms. The SMILES string of the molecule is CN1CCN(Cc2cccc(Cl)n2)C1=O. The predicted molar refractivity (Wildman–Crippen MR) is 57.7 cm³/mol. The number of carbonyl (C=O) groups excluding carboxylic acids is 1. The van der Waals surface area contributed by atoms with E-state index in [4.69, 9.17) is 11.6 Å². The van der Waals surface area contributed by atoms with Crippen LogP contribution < -0.4 is 0 Å². The van der Waals surface area contributed by atoms with Crippen LogP contribution >= 0.6 is 11.6 Å². The van der Waals surface area contributed by atoms with E-state index in [1.807, 2.05) is 12.1 Å². The smallest absolute Gasteiger partial charge is 0.320 e. The van der Waals surface area contributed by atoms with Gasteiger partial charge < -0.3 is 9.80 Å². The first kappa shape index (κ1) is 10.2. The molecule has 1 aromatic rings. The second kappa shape index (κ2) is 4.06. The largest absolute Gasteiger partial charge is 0.326 e. The average molecular weight is 226 g/mol. The van der Waals surface area contributed by atoms with Gasteiger partial charge in [-0.05, 0) is 12.1 Å². The standard InChI is InChI=1S/C10H12ClN3O/c1-13-5-6-14(10(13)15)7-8-3-2-4-9(11)12-8/h2-4H,5-7H2,1H3. The molecule has 0 bridgehead atoms. The molecule has 4 nitrogen and oxygen atoms in total. The third-order valence-corrected chi connectivity index (χ3v) is 2.64. The number of aromatic nitrogens is 1. The maximum absolute atomic E-state index is 11.6. The molecule has 0 radical (unpaired) electrons. The van der Waals surface area contributed by atoms with E-state index in [0.717, 1.165) is 18.8 Å². The number of pyridine rings is 1. The molecule has 1 aliphatic heterocycles. The van der Waals surface area contributed by atoms with Crippen LogP contribution in [0.25, 0.3) is 0 Å². The molecule has 80 valence electrons. The van der Waals surface area contributed by atoms with Gasteiger partial charge >= 0.3 is 6.03 Å². The molecule has 15 heavy (non-hydrogen) atoms. The van der Waals surface area contributed by atoms with Gasteiger partial charge in [-0.15, -0.1) is 0 Å². The Morgan fingerprint density at radius 2 is 2.27 bits per heavy atom. The van der Waals surface area contributed by atoms with Crippen molar-refractivity contribution in [2.75, 3.05) is 20.1 Å². The van der Waals surface area contributed by atoms with Crippen molar-refractivity contribution in [2.24, 2.45) is 0 Å². The highest BCUT2D eigenvalue weighted by Crippen LogP contribution is 2.12. The molecule has 1 fully saturated rings. The molecule has 0 aliphatic carbocycles. The fourth-order valence-electron chi connectivity index (χ4n) is 1.58. The van der Waals surface area contributed by atoms with E-state index < -0.39 is 0 Å². The first-order chi connectivity index (χ1) is 7.16. The molecule has 0 saturated carbocycles. The molecule has 0 aromatic carbocycles. The summed E-state index contributed by atoms with van der Waals surface area (Å²) < 4.78 is 0. The van der Waals surface area contributed by atoms with E-state index in [-0.39, 0.29) is 6.03 Å². The Morgan fingerprint density at radius 3 is 2.87 bits per heavy atom. The van der Waals surface area contributed by atoms with E-state index in [1.54, 1.807) is 22.9 Å². The van der Waals surface area contributed by atoms with E-state index in [1.165, 1.54) is 0 Å². The highest BCUT2D eigenvalue weighted by Gasteiger charge is 2.25. The van der Waals surface area contributed by atoms with Crippen LogP contribution in [0.5, 0.6) is 0 Å². The van der Waals surface area contributed by atoms with Crippen LogP contribution in [-0.4, -0.2) is 41.0 Å². The van der Waals surface area contributed by atoms with Crippen molar-refractivity contribution >= 4 is 17.6 Å². The number of carbonyl (C=O) groups is 1. The van der Waals surface area contributed by atoms with Crippen molar-refractivity contribution in [3.63, 3.8) is 0 Å². The van der Waals surface area contributed by atoms with E-state index in [0.29, 0.717) is 11.7 Å². The molecular formula is C10H12ClN3O. The van der Waals surface area contributed by atoms with Gasteiger partial charge in [0.15, 0.2) is 0 Å². The van der Waals surface area contributed by atoms with Crippen molar-refractivity contribution in [1.82, 2.24) is 14.8 Å². The fourth-order valence-corrected chi connectivity index (χ4v) is 1.77. The molecular weight excluding hydrogens is 214 g/mol. The van der Waals surface area contributed by atoms with Crippen LogP contribution in [-0.2, 0) is 6.54 Å². The number of amides is 2. The third kappa shape index (κ3) is 2.21. The number of hydrogen-bond acceptors (Lipinski definition) is 2. The maximum atomic E-state index is 11.6. The maximum Gasteiger partial charge on any atom is 0.320 e.